The highest BCUT2D eigenvalue weighted by molar-refractivity contribution is 6.36. The molecule has 0 atom stereocenters. The van der Waals surface area contributed by atoms with Crippen molar-refractivity contribution in [3.05, 3.63) is 40.8 Å². The van der Waals surface area contributed by atoms with Crippen molar-refractivity contribution in [2.45, 2.75) is 0 Å². The summed E-state index contributed by atoms with van der Waals surface area (Å²) in [5.74, 6) is 0. The van der Waals surface area contributed by atoms with Gasteiger partial charge in [-0.1, -0.05) is 35.9 Å². The van der Waals surface area contributed by atoms with Gasteiger partial charge in [0.2, 0.25) is 5.28 Å². The first-order chi connectivity index (χ1) is 7.27. The topological polar surface area (TPSA) is 30.2 Å². The summed E-state index contributed by atoms with van der Waals surface area (Å²) in [6, 6.07) is 7.76. The standard InChI is InChI=1S/C10H5Cl2N3/c11-8-5-15-9(13-14-10(15)12)7-4-2-1-3-6(7)8/h1-5H. The molecule has 74 valence electrons. The Hall–Kier alpha value is -1.32. The molecule has 0 saturated carbocycles. The normalized spacial score (nSPS) is 11.3. The Morgan fingerprint density at radius 2 is 1.73 bits per heavy atom. The zero-order valence-electron chi connectivity index (χ0n) is 7.48. The number of nitrogens with zero attached hydrogens (tertiary/aromatic N) is 3. The van der Waals surface area contributed by atoms with Gasteiger partial charge in [0.1, 0.15) is 0 Å². The molecule has 0 N–H and O–H groups in total. The number of rotatable bonds is 0. The Labute approximate surface area is 95.2 Å². The van der Waals surface area contributed by atoms with E-state index in [4.69, 9.17) is 23.2 Å². The second kappa shape index (κ2) is 3.08. The number of hydrogen-bond acceptors (Lipinski definition) is 2. The molecule has 5 heteroatoms. The summed E-state index contributed by atoms with van der Waals surface area (Å²) in [5.41, 5.74) is 0.722. The predicted molar refractivity (Wildman–Crippen MR) is 60.5 cm³/mol. The Morgan fingerprint density at radius 3 is 2.53 bits per heavy atom. The molecule has 0 bridgehead atoms. The molecule has 0 amide bonds. The number of hydrogen-bond donors (Lipinski definition) is 0. The molecule has 0 unspecified atom stereocenters. The van der Waals surface area contributed by atoms with Gasteiger partial charge in [0.05, 0.1) is 5.02 Å². The molecule has 3 nitrogen and oxygen atoms in total. The smallest absolute Gasteiger partial charge is 0.229 e. The van der Waals surface area contributed by atoms with Crippen LogP contribution in [0.25, 0.3) is 16.4 Å². The van der Waals surface area contributed by atoms with Crippen LogP contribution in [0.15, 0.2) is 30.5 Å². The lowest BCUT2D eigenvalue weighted by molar-refractivity contribution is 1.10. The van der Waals surface area contributed by atoms with Crippen LogP contribution in [0.1, 0.15) is 0 Å². The maximum atomic E-state index is 6.13. The fourth-order valence-electron chi connectivity index (χ4n) is 1.64. The minimum Gasteiger partial charge on any atom is -0.271 e. The summed E-state index contributed by atoms with van der Waals surface area (Å²) >= 11 is 12.0. The van der Waals surface area contributed by atoms with Gasteiger partial charge in [0, 0.05) is 17.0 Å². The summed E-state index contributed by atoms with van der Waals surface area (Å²) in [5, 5.41) is 10.7. The van der Waals surface area contributed by atoms with Gasteiger partial charge < -0.3 is 0 Å². The summed E-state index contributed by atoms with van der Waals surface area (Å²) < 4.78 is 1.67. The highest BCUT2D eigenvalue weighted by Crippen LogP contribution is 2.27. The molecule has 15 heavy (non-hydrogen) atoms. The van der Waals surface area contributed by atoms with Crippen molar-refractivity contribution in [1.29, 1.82) is 0 Å². The van der Waals surface area contributed by atoms with Gasteiger partial charge in [-0.2, -0.15) is 0 Å². The first kappa shape index (κ1) is 8.95. The molecule has 0 saturated heterocycles. The second-order valence-electron chi connectivity index (χ2n) is 3.19. The van der Waals surface area contributed by atoms with Crippen LogP contribution in [0.4, 0.5) is 0 Å². The molecule has 3 aromatic rings. The fraction of sp³-hybridized carbons (Fsp3) is 0. The minimum atomic E-state index is 0.317. The largest absolute Gasteiger partial charge is 0.271 e. The predicted octanol–water partition coefficient (Wildman–Crippen LogP) is 3.19. The van der Waals surface area contributed by atoms with E-state index in [2.05, 4.69) is 10.2 Å². The quantitative estimate of drug-likeness (QED) is 0.602. The highest BCUT2D eigenvalue weighted by Gasteiger charge is 2.09. The number of aromatic nitrogens is 3. The van der Waals surface area contributed by atoms with Crippen LogP contribution in [-0.2, 0) is 0 Å². The van der Waals surface area contributed by atoms with Gasteiger partial charge in [-0.15, -0.1) is 10.2 Å². The molecule has 2 aromatic heterocycles. The molecule has 0 aliphatic carbocycles. The van der Waals surface area contributed by atoms with Crippen molar-refractivity contribution in [2.24, 2.45) is 0 Å². The third-order valence-corrected chi connectivity index (χ3v) is 2.88. The lowest BCUT2D eigenvalue weighted by Crippen LogP contribution is -1.87. The second-order valence-corrected chi connectivity index (χ2v) is 3.93. The lowest BCUT2D eigenvalue weighted by Gasteiger charge is -2.02. The zero-order valence-corrected chi connectivity index (χ0v) is 9.00. The molecule has 2 heterocycles. The monoisotopic (exact) mass is 237 g/mol. The summed E-state index contributed by atoms with van der Waals surface area (Å²) in [6.45, 7) is 0. The maximum Gasteiger partial charge on any atom is 0.229 e. The van der Waals surface area contributed by atoms with E-state index in [1.807, 2.05) is 24.3 Å². The summed E-state index contributed by atoms with van der Waals surface area (Å²) in [6.07, 6.45) is 1.72. The molecule has 0 aliphatic rings. The van der Waals surface area contributed by atoms with Crippen LogP contribution >= 0.6 is 23.2 Å². The van der Waals surface area contributed by atoms with Gasteiger partial charge in [-0.05, 0) is 11.6 Å². The van der Waals surface area contributed by atoms with Crippen molar-refractivity contribution in [2.75, 3.05) is 0 Å². The molecular weight excluding hydrogens is 233 g/mol. The van der Waals surface area contributed by atoms with Crippen LogP contribution in [0, 0.1) is 0 Å². The average Bonchev–Trinajstić information content (AvgIpc) is 2.62. The molecule has 0 aliphatic heterocycles. The Bertz CT molecular complexity index is 660. The molecule has 0 radical (unpaired) electrons. The van der Waals surface area contributed by atoms with E-state index >= 15 is 0 Å². The van der Waals surface area contributed by atoms with Crippen molar-refractivity contribution < 1.29 is 0 Å². The first-order valence-corrected chi connectivity index (χ1v) is 5.10. The Balaban J connectivity index is 2.65. The van der Waals surface area contributed by atoms with Gasteiger partial charge in [0.25, 0.3) is 0 Å². The van der Waals surface area contributed by atoms with Crippen molar-refractivity contribution in [3.8, 4) is 0 Å². The molecular formula is C10H5Cl2N3. The molecule has 1 aromatic carbocycles. The zero-order chi connectivity index (χ0) is 10.4. The van der Waals surface area contributed by atoms with Gasteiger partial charge >= 0.3 is 0 Å². The van der Waals surface area contributed by atoms with E-state index in [0.29, 0.717) is 10.3 Å². The van der Waals surface area contributed by atoms with Crippen molar-refractivity contribution in [3.63, 3.8) is 0 Å². The molecule has 0 spiro atoms. The summed E-state index contributed by atoms with van der Waals surface area (Å²) in [7, 11) is 0. The Morgan fingerprint density at radius 1 is 1.00 bits per heavy atom. The molecule has 0 fully saturated rings. The summed E-state index contributed by atoms with van der Waals surface area (Å²) in [4.78, 5) is 0. The number of halogens is 2. The van der Waals surface area contributed by atoms with Crippen LogP contribution in [0.3, 0.4) is 0 Å². The number of fused-ring (bicyclic) bond motifs is 3. The first-order valence-electron chi connectivity index (χ1n) is 4.35. The van der Waals surface area contributed by atoms with E-state index < -0.39 is 0 Å². The van der Waals surface area contributed by atoms with Crippen LogP contribution in [-0.4, -0.2) is 14.6 Å². The van der Waals surface area contributed by atoms with Gasteiger partial charge in [-0.25, -0.2) is 0 Å². The van der Waals surface area contributed by atoms with Crippen LogP contribution in [0.5, 0.6) is 0 Å². The van der Waals surface area contributed by atoms with Crippen LogP contribution < -0.4 is 0 Å². The average molecular weight is 238 g/mol. The lowest BCUT2D eigenvalue weighted by atomic mass is 10.2. The number of benzene rings is 1. The van der Waals surface area contributed by atoms with Gasteiger partial charge in [0.15, 0.2) is 5.65 Å². The third-order valence-electron chi connectivity index (χ3n) is 2.32. The number of pyridine rings is 1. The van der Waals surface area contributed by atoms with Crippen molar-refractivity contribution >= 4 is 39.6 Å². The van der Waals surface area contributed by atoms with Gasteiger partial charge in [-0.3, -0.25) is 4.40 Å². The molecule has 3 rings (SSSR count). The van der Waals surface area contributed by atoms with Crippen molar-refractivity contribution in [1.82, 2.24) is 14.6 Å². The highest BCUT2D eigenvalue weighted by atomic mass is 35.5. The maximum absolute atomic E-state index is 6.13. The van der Waals surface area contributed by atoms with E-state index in [-0.39, 0.29) is 0 Å². The van der Waals surface area contributed by atoms with E-state index in [0.717, 1.165) is 16.4 Å². The third kappa shape index (κ3) is 1.20. The van der Waals surface area contributed by atoms with E-state index in [1.54, 1.807) is 10.6 Å². The van der Waals surface area contributed by atoms with Crippen LogP contribution in [0.2, 0.25) is 10.3 Å². The van der Waals surface area contributed by atoms with E-state index in [9.17, 15) is 0 Å². The minimum absolute atomic E-state index is 0.317. The SMILES string of the molecule is Clc1cn2c(Cl)nnc2c2ccccc12. The van der Waals surface area contributed by atoms with E-state index in [1.165, 1.54) is 0 Å². The Kier molecular flexibility index (Phi) is 1.84. The fourth-order valence-corrected chi connectivity index (χ4v) is 2.07.